The Morgan fingerprint density at radius 1 is 1.10 bits per heavy atom. The third-order valence-electron chi connectivity index (χ3n) is 5.10. The molecule has 0 aromatic heterocycles. The average Bonchev–Trinajstić information content (AvgIpc) is 2.77. The summed E-state index contributed by atoms with van der Waals surface area (Å²) < 4.78 is 20.0. The maximum Gasteiger partial charge on any atom is 1.00 e. The predicted molar refractivity (Wildman–Crippen MR) is 112 cm³/mol. The standard InChI is InChI=1S/C24H23FN2O3.Na/c25-21-15-19(9-7-18(21)8-11-24(28)29)26-16-17-6-10-23-22(14-17)27(12-13-30-23)20-4-2-1-3-5-20;/h1-7,9-10,14-15,26H,8,11-13,16H2,(H,28,29);/q;+1/p-1. The third-order valence-corrected chi connectivity index (χ3v) is 5.10. The number of hydrogen-bond acceptors (Lipinski definition) is 5. The summed E-state index contributed by atoms with van der Waals surface area (Å²) in [6.07, 6.45) is -0.0760. The number of carbonyl (C=O) groups is 1. The molecule has 5 nitrogen and oxygen atoms in total. The fourth-order valence-electron chi connectivity index (χ4n) is 3.55. The second-order valence-corrected chi connectivity index (χ2v) is 7.17. The van der Waals surface area contributed by atoms with Crippen LogP contribution in [0.3, 0.4) is 0 Å². The SMILES string of the molecule is O=C([O-])CCc1ccc(NCc2ccc3c(c2)N(c2ccccc2)CCO3)cc1F.[Na+]. The topological polar surface area (TPSA) is 64.6 Å². The minimum atomic E-state index is -1.18. The van der Waals surface area contributed by atoms with E-state index < -0.39 is 11.8 Å². The molecule has 0 bridgehead atoms. The minimum Gasteiger partial charge on any atom is -0.550 e. The molecular formula is C24H22FN2NaO3. The molecule has 3 aromatic carbocycles. The Balaban J connectivity index is 0.00000272. The molecule has 31 heavy (non-hydrogen) atoms. The van der Waals surface area contributed by atoms with Crippen molar-refractivity contribution in [1.29, 1.82) is 0 Å². The Hall–Kier alpha value is -2.54. The molecule has 0 aliphatic carbocycles. The molecule has 3 aromatic rings. The molecule has 1 heterocycles. The van der Waals surface area contributed by atoms with E-state index in [2.05, 4.69) is 28.4 Å². The molecule has 7 heteroatoms. The van der Waals surface area contributed by atoms with Crippen molar-refractivity contribution in [3.63, 3.8) is 0 Å². The Kier molecular flexibility index (Phi) is 7.96. The first kappa shape index (κ1) is 23.1. The first-order valence-electron chi connectivity index (χ1n) is 9.90. The number of rotatable bonds is 7. The average molecular weight is 428 g/mol. The molecule has 0 radical (unpaired) electrons. The predicted octanol–water partition coefficient (Wildman–Crippen LogP) is 0.655. The first-order chi connectivity index (χ1) is 14.6. The Bertz CT molecular complexity index is 1050. The van der Waals surface area contributed by atoms with Crippen LogP contribution in [0.4, 0.5) is 21.5 Å². The van der Waals surface area contributed by atoms with Crippen molar-refractivity contribution in [3.8, 4) is 5.75 Å². The van der Waals surface area contributed by atoms with Gasteiger partial charge in [-0.2, -0.15) is 0 Å². The van der Waals surface area contributed by atoms with Crippen molar-refractivity contribution in [1.82, 2.24) is 0 Å². The fraction of sp³-hybridized carbons (Fsp3) is 0.208. The van der Waals surface area contributed by atoms with Gasteiger partial charge in [-0.3, -0.25) is 0 Å². The van der Waals surface area contributed by atoms with E-state index in [0.717, 1.165) is 29.2 Å². The summed E-state index contributed by atoms with van der Waals surface area (Å²) in [5.74, 6) is -0.759. The number of ether oxygens (including phenoxy) is 1. The van der Waals surface area contributed by atoms with Crippen LogP contribution in [0, 0.1) is 5.82 Å². The molecule has 1 aliphatic heterocycles. The zero-order valence-corrected chi connectivity index (χ0v) is 19.4. The van der Waals surface area contributed by atoms with Crippen LogP contribution in [-0.4, -0.2) is 19.1 Å². The van der Waals surface area contributed by atoms with Crippen molar-refractivity contribution in [2.45, 2.75) is 19.4 Å². The summed E-state index contributed by atoms with van der Waals surface area (Å²) in [7, 11) is 0. The number of para-hydroxylation sites is 1. The zero-order valence-electron chi connectivity index (χ0n) is 17.4. The minimum absolute atomic E-state index is 0. The smallest absolute Gasteiger partial charge is 0.550 e. The van der Waals surface area contributed by atoms with Gasteiger partial charge >= 0.3 is 29.6 Å². The maximum absolute atomic E-state index is 14.2. The van der Waals surface area contributed by atoms with E-state index in [0.29, 0.717) is 24.4 Å². The van der Waals surface area contributed by atoms with Gasteiger partial charge in [-0.25, -0.2) is 4.39 Å². The number of halogens is 1. The van der Waals surface area contributed by atoms with Crippen LogP contribution in [0.1, 0.15) is 17.5 Å². The van der Waals surface area contributed by atoms with Crippen LogP contribution in [-0.2, 0) is 17.8 Å². The van der Waals surface area contributed by atoms with Gasteiger partial charge in [0.25, 0.3) is 0 Å². The number of nitrogens with one attached hydrogen (secondary N) is 1. The summed E-state index contributed by atoms with van der Waals surface area (Å²) in [6, 6.07) is 21.0. The van der Waals surface area contributed by atoms with Crippen LogP contribution >= 0.6 is 0 Å². The number of fused-ring (bicyclic) bond motifs is 1. The van der Waals surface area contributed by atoms with E-state index in [4.69, 9.17) is 4.74 Å². The van der Waals surface area contributed by atoms with Crippen LogP contribution in [0.25, 0.3) is 0 Å². The largest absolute Gasteiger partial charge is 1.00 e. The van der Waals surface area contributed by atoms with Gasteiger partial charge in [0.15, 0.2) is 0 Å². The monoisotopic (exact) mass is 428 g/mol. The van der Waals surface area contributed by atoms with E-state index in [1.54, 1.807) is 12.1 Å². The number of anilines is 3. The van der Waals surface area contributed by atoms with Crippen LogP contribution in [0.15, 0.2) is 66.7 Å². The second-order valence-electron chi connectivity index (χ2n) is 7.17. The number of carbonyl (C=O) groups excluding carboxylic acids is 1. The van der Waals surface area contributed by atoms with Gasteiger partial charge in [0.2, 0.25) is 0 Å². The molecule has 0 atom stereocenters. The molecular weight excluding hydrogens is 406 g/mol. The van der Waals surface area contributed by atoms with Gasteiger partial charge in [0, 0.05) is 23.9 Å². The molecule has 0 saturated carbocycles. The van der Waals surface area contributed by atoms with Crippen LogP contribution in [0.2, 0.25) is 0 Å². The first-order valence-corrected chi connectivity index (χ1v) is 9.90. The van der Waals surface area contributed by atoms with E-state index >= 15 is 0 Å². The number of aliphatic carboxylic acids is 1. The third kappa shape index (κ3) is 5.79. The Morgan fingerprint density at radius 2 is 1.90 bits per heavy atom. The molecule has 1 N–H and O–H groups in total. The summed E-state index contributed by atoms with van der Waals surface area (Å²) in [5, 5.41) is 13.8. The van der Waals surface area contributed by atoms with Crippen LogP contribution in [0.5, 0.6) is 5.75 Å². The van der Waals surface area contributed by atoms with Gasteiger partial charge in [0.1, 0.15) is 18.2 Å². The number of hydrogen-bond donors (Lipinski definition) is 1. The molecule has 0 unspecified atom stereocenters. The van der Waals surface area contributed by atoms with Crippen LogP contribution < -0.4 is 49.6 Å². The van der Waals surface area contributed by atoms with Gasteiger partial charge < -0.3 is 24.9 Å². The van der Waals surface area contributed by atoms with Gasteiger partial charge in [0.05, 0.1) is 12.2 Å². The van der Waals surface area contributed by atoms with E-state index in [1.807, 2.05) is 30.3 Å². The number of carboxylic acids is 1. The molecule has 4 rings (SSSR count). The molecule has 0 amide bonds. The molecule has 1 aliphatic rings. The second kappa shape index (κ2) is 10.7. The van der Waals surface area contributed by atoms with E-state index in [1.165, 1.54) is 6.07 Å². The van der Waals surface area contributed by atoms with Crippen molar-refractivity contribution >= 4 is 23.0 Å². The zero-order chi connectivity index (χ0) is 20.9. The number of aryl methyl sites for hydroxylation is 1. The van der Waals surface area contributed by atoms with E-state index in [9.17, 15) is 14.3 Å². The molecule has 0 spiro atoms. The maximum atomic E-state index is 14.2. The molecule has 154 valence electrons. The Labute approximate surface area is 203 Å². The van der Waals surface area contributed by atoms with Crippen molar-refractivity contribution < 1.29 is 48.6 Å². The van der Waals surface area contributed by atoms with Crippen molar-refractivity contribution in [2.24, 2.45) is 0 Å². The summed E-state index contributed by atoms with van der Waals surface area (Å²) in [6.45, 7) is 1.92. The summed E-state index contributed by atoms with van der Waals surface area (Å²) in [5.41, 5.74) is 4.17. The number of nitrogens with zero attached hydrogens (tertiary/aromatic N) is 1. The Morgan fingerprint density at radius 3 is 2.65 bits per heavy atom. The number of benzene rings is 3. The number of carboxylic acid groups (broad SMARTS) is 1. The van der Waals surface area contributed by atoms with E-state index in [-0.39, 0.29) is 42.4 Å². The normalized spacial score (nSPS) is 12.4. The van der Waals surface area contributed by atoms with Gasteiger partial charge in [-0.1, -0.05) is 30.3 Å². The molecule has 0 saturated heterocycles. The van der Waals surface area contributed by atoms with Gasteiger partial charge in [-0.15, -0.1) is 0 Å². The van der Waals surface area contributed by atoms with Gasteiger partial charge in [-0.05, 0) is 60.4 Å². The molecule has 0 fully saturated rings. The van der Waals surface area contributed by atoms with Crippen molar-refractivity contribution in [3.05, 3.63) is 83.7 Å². The fourth-order valence-corrected chi connectivity index (χ4v) is 3.55. The quantitative estimate of drug-likeness (QED) is 0.560. The van der Waals surface area contributed by atoms with Crippen molar-refractivity contribution in [2.75, 3.05) is 23.4 Å². The summed E-state index contributed by atoms with van der Waals surface area (Å²) in [4.78, 5) is 12.8. The summed E-state index contributed by atoms with van der Waals surface area (Å²) >= 11 is 0.